The molecular weight excluding hydrogens is 719 g/mol. The van der Waals surface area contributed by atoms with Gasteiger partial charge < -0.3 is 34.5 Å². The van der Waals surface area contributed by atoms with E-state index in [1.54, 1.807) is 24.7 Å². The van der Waals surface area contributed by atoms with Crippen LogP contribution < -0.4 is 0 Å². The molecule has 0 aliphatic heterocycles. The highest BCUT2D eigenvalue weighted by molar-refractivity contribution is 6.37. The maximum absolute atomic E-state index is 11.3. The minimum atomic E-state index is -1.12. The van der Waals surface area contributed by atoms with Crippen molar-refractivity contribution in [1.29, 1.82) is 0 Å². The minimum absolute atomic E-state index is 0.0868. The molecule has 50 heavy (non-hydrogen) atoms. The molecule has 0 saturated carbocycles. The smallest absolute Gasteiger partial charge is 0.357 e. The monoisotopic (exact) mass is 738 g/mol. The topological polar surface area (TPSA) is 256 Å². The van der Waals surface area contributed by atoms with Gasteiger partial charge >= 0.3 is 17.9 Å². The number of carbonyl (C=O) groups excluding carboxylic acids is 2. The number of aromatic amines is 4. The Balaban J connectivity index is 0.000000130. The lowest BCUT2D eigenvalue weighted by Crippen LogP contribution is -2.05. The van der Waals surface area contributed by atoms with Crippen LogP contribution in [0.2, 0.25) is 15.2 Å². The normalized spacial score (nSPS) is 10.4. The summed E-state index contributed by atoms with van der Waals surface area (Å²) in [6.45, 7) is 0. The van der Waals surface area contributed by atoms with Gasteiger partial charge in [-0.25, -0.2) is 54.3 Å². The number of aromatic carboxylic acids is 1. The van der Waals surface area contributed by atoms with E-state index >= 15 is 0 Å². The molecule has 21 heteroatoms. The van der Waals surface area contributed by atoms with Gasteiger partial charge in [0.2, 0.25) is 0 Å². The summed E-state index contributed by atoms with van der Waals surface area (Å²) in [5, 5.41) is 12.3. The van der Waals surface area contributed by atoms with Crippen LogP contribution in [0.5, 0.6) is 0 Å². The summed E-state index contributed by atoms with van der Waals surface area (Å²) in [5.41, 5.74) is 2.73. The largest absolute Gasteiger partial charge is 0.476 e. The number of methoxy groups -OCH3 is 2. The van der Waals surface area contributed by atoms with Gasteiger partial charge in [-0.15, -0.1) is 0 Å². The van der Waals surface area contributed by atoms with Crippen molar-refractivity contribution in [3.63, 3.8) is 0 Å². The standard InChI is InChI=1S/C8H6ClN3O2.C8H7N3O2.C7H4ClN3O2.C6H4ClN3/c1-14-8(13)6-5-4(9)2-10-7(5)12-3-11-6;1-13-8(12)6-5-2-3-9-7(5)11-4-10-6;8-3-1-9-6-4(3)5(7(12)13)10-2-11-6;7-5-4-1-2-8-6(4)10-3-9-5/h2-3H,1H3,(H,10,11,12);2-4H,1H3,(H,9,10,11);1-2H,(H,12,13)(H,9,10,11);1-3H,(H,8,9,10). The Morgan fingerprint density at radius 2 is 1.02 bits per heavy atom. The number of rotatable bonds is 3. The predicted molar refractivity (Wildman–Crippen MR) is 180 cm³/mol. The molecule has 0 unspecified atom stereocenters. The first-order valence-electron chi connectivity index (χ1n) is 13.7. The molecule has 0 spiro atoms. The number of carboxylic acids is 1. The fourth-order valence-corrected chi connectivity index (χ4v) is 4.90. The van der Waals surface area contributed by atoms with Gasteiger partial charge in [-0.3, -0.25) is 0 Å². The van der Waals surface area contributed by atoms with E-state index < -0.39 is 17.9 Å². The SMILES string of the molecule is COC(=O)c1ncnc2[nH]cc(Cl)c12.COC(=O)c1ncnc2[nH]ccc12.Clc1ncnc2[nH]ccc12.O=C(O)c1ncnc2[nH]cc(Cl)c12. The van der Waals surface area contributed by atoms with Crippen LogP contribution in [0.1, 0.15) is 31.5 Å². The van der Waals surface area contributed by atoms with Gasteiger partial charge in [-0.1, -0.05) is 34.8 Å². The summed E-state index contributed by atoms with van der Waals surface area (Å²) in [7, 11) is 2.61. The van der Waals surface area contributed by atoms with E-state index in [1.165, 1.54) is 45.7 Å². The molecule has 254 valence electrons. The van der Waals surface area contributed by atoms with E-state index in [1.807, 2.05) is 6.07 Å². The molecule has 8 aromatic heterocycles. The molecule has 0 aromatic carbocycles. The molecule has 0 saturated heterocycles. The molecule has 0 amide bonds. The van der Waals surface area contributed by atoms with E-state index in [4.69, 9.17) is 39.9 Å². The molecule has 8 rings (SSSR count). The number of nitrogens with zero attached hydrogens (tertiary/aromatic N) is 8. The van der Waals surface area contributed by atoms with E-state index in [0.29, 0.717) is 48.3 Å². The highest BCUT2D eigenvalue weighted by Gasteiger charge is 2.17. The molecule has 0 aliphatic rings. The first kappa shape index (κ1) is 35.1. The lowest BCUT2D eigenvalue weighted by Gasteiger charge is -1.98. The summed E-state index contributed by atoms with van der Waals surface area (Å²) < 4.78 is 9.14. The van der Waals surface area contributed by atoms with Crippen molar-refractivity contribution >= 4 is 96.8 Å². The number of hydrogen-bond donors (Lipinski definition) is 5. The number of fused-ring (bicyclic) bond motifs is 4. The van der Waals surface area contributed by atoms with Crippen molar-refractivity contribution in [1.82, 2.24) is 59.8 Å². The summed E-state index contributed by atoms with van der Waals surface area (Å²) in [6, 6.07) is 3.58. The number of nitrogens with one attached hydrogen (secondary N) is 4. The second-order valence-corrected chi connectivity index (χ2v) is 10.5. The predicted octanol–water partition coefficient (Wildman–Crippen LogP) is 5.06. The Labute approximate surface area is 293 Å². The van der Waals surface area contributed by atoms with Crippen molar-refractivity contribution in [2.75, 3.05) is 14.2 Å². The molecule has 0 radical (unpaired) electrons. The number of esters is 2. The van der Waals surface area contributed by atoms with E-state index in [-0.39, 0.29) is 17.1 Å². The zero-order valence-corrected chi connectivity index (χ0v) is 27.7. The van der Waals surface area contributed by atoms with Crippen molar-refractivity contribution in [3.8, 4) is 0 Å². The van der Waals surface area contributed by atoms with E-state index in [9.17, 15) is 14.4 Å². The molecule has 8 aromatic rings. The van der Waals surface area contributed by atoms with Gasteiger partial charge in [0.05, 0.1) is 45.8 Å². The number of carboxylic acid groups (broad SMARTS) is 1. The van der Waals surface area contributed by atoms with Crippen LogP contribution in [-0.2, 0) is 9.47 Å². The summed E-state index contributed by atoms with van der Waals surface area (Å²) >= 11 is 17.3. The Morgan fingerprint density at radius 3 is 1.56 bits per heavy atom. The Bertz CT molecular complexity index is 2460. The van der Waals surface area contributed by atoms with Crippen LogP contribution in [0.4, 0.5) is 0 Å². The number of ether oxygens (including phenoxy) is 2. The van der Waals surface area contributed by atoms with Crippen LogP contribution in [0.15, 0.2) is 62.2 Å². The maximum atomic E-state index is 11.3. The van der Waals surface area contributed by atoms with Gasteiger partial charge in [0.25, 0.3) is 0 Å². The fourth-order valence-electron chi connectivity index (χ4n) is 4.24. The lowest BCUT2D eigenvalue weighted by molar-refractivity contribution is 0.0587. The van der Waals surface area contributed by atoms with Crippen LogP contribution in [0.25, 0.3) is 44.1 Å². The second kappa shape index (κ2) is 15.8. The van der Waals surface area contributed by atoms with E-state index in [2.05, 4.69) is 69.3 Å². The van der Waals surface area contributed by atoms with Gasteiger partial charge in [0.1, 0.15) is 53.1 Å². The quantitative estimate of drug-likeness (QED) is 0.117. The number of aromatic nitrogens is 12. The highest BCUT2D eigenvalue weighted by Crippen LogP contribution is 2.25. The van der Waals surface area contributed by atoms with Crippen molar-refractivity contribution in [3.05, 3.63) is 94.5 Å². The molecule has 0 atom stereocenters. The van der Waals surface area contributed by atoms with Gasteiger partial charge in [-0.2, -0.15) is 0 Å². The number of hydrogen-bond acceptors (Lipinski definition) is 13. The van der Waals surface area contributed by atoms with Crippen molar-refractivity contribution in [2.45, 2.75) is 0 Å². The van der Waals surface area contributed by atoms with Gasteiger partial charge in [-0.05, 0) is 12.1 Å². The Morgan fingerprint density at radius 1 is 0.580 bits per heavy atom. The molecule has 0 fully saturated rings. The third-order valence-corrected chi connectivity index (χ3v) is 7.36. The van der Waals surface area contributed by atoms with E-state index in [0.717, 1.165) is 11.0 Å². The molecule has 8 heterocycles. The van der Waals surface area contributed by atoms with Crippen LogP contribution in [0, 0.1) is 0 Å². The van der Waals surface area contributed by atoms with Crippen molar-refractivity contribution < 1.29 is 29.0 Å². The molecule has 0 bridgehead atoms. The summed E-state index contributed by atoms with van der Waals surface area (Å²) in [5.74, 6) is -2.10. The molecule has 0 aliphatic carbocycles. The van der Waals surface area contributed by atoms with Crippen molar-refractivity contribution in [2.24, 2.45) is 0 Å². The minimum Gasteiger partial charge on any atom is -0.476 e. The third-order valence-electron chi connectivity index (χ3n) is 6.46. The first-order valence-corrected chi connectivity index (χ1v) is 14.8. The zero-order valence-electron chi connectivity index (χ0n) is 25.5. The zero-order chi connectivity index (χ0) is 35.8. The highest BCUT2D eigenvalue weighted by atomic mass is 35.5. The molecular formula is C29H21Cl3N12O6. The molecule has 18 nitrogen and oxygen atoms in total. The summed E-state index contributed by atoms with van der Waals surface area (Å²) in [6.07, 6.45) is 11.7. The first-order chi connectivity index (χ1) is 24.1. The summed E-state index contributed by atoms with van der Waals surface area (Å²) in [4.78, 5) is 75.3. The molecule has 5 N–H and O–H groups in total. The second-order valence-electron chi connectivity index (χ2n) is 9.32. The third kappa shape index (κ3) is 7.57. The van der Waals surface area contributed by atoms with Crippen LogP contribution in [0.3, 0.4) is 0 Å². The van der Waals surface area contributed by atoms with Crippen LogP contribution >= 0.6 is 34.8 Å². The number of halogens is 3. The Kier molecular flexibility index (Phi) is 11.1. The fraction of sp³-hybridized carbons (Fsp3) is 0.0690. The number of carbonyl (C=O) groups is 3. The van der Waals surface area contributed by atoms with Gasteiger partial charge in [0.15, 0.2) is 17.1 Å². The number of H-pyrrole nitrogens is 4. The Hall–Kier alpha value is -6.24. The lowest BCUT2D eigenvalue weighted by atomic mass is 10.3. The maximum Gasteiger partial charge on any atom is 0.357 e. The average Bonchev–Trinajstić information content (AvgIpc) is 3.96. The average molecular weight is 740 g/mol. The van der Waals surface area contributed by atoms with Gasteiger partial charge in [0, 0.05) is 24.8 Å². The van der Waals surface area contributed by atoms with Crippen LogP contribution in [-0.4, -0.2) is 97.0 Å².